The molecule has 0 saturated carbocycles. The summed E-state index contributed by atoms with van der Waals surface area (Å²) < 4.78 is 0. The van der Waals surface area contributed by atoms with E-state index in [9.17, 15) is 0 Å². The second-order valence-corrected chi connectivity index (χ2v) is 4.40. The van der Waals surface area contributed by atoms with E-state index in [-0.39, 0.29) is 0 Å². The summed E-state index contributed by atoms with van der Waals surface area (Å²) in [6.07, 6.45) is 5.38. The standard InChI is InChI=1S/C13H22N4/c1-4-8-15-10-13(17(5-2)6-3)11-16(12-15)9-7-14/h1,13H,5-6,8-12H2,2-3H3. The Labute approximate surface area is 105 Å². The molecule has 1 unspecified atom stereocenters. The lowest BCUT2D eigenvalue weighted by atomic mass is 10.1. The lowest BCUT2D eigenvalue weighted by Crippen LogP contribution is -2.57. The lowest BCUT2D eigenvalue weighted by Gasteiger charge is -2.42. The zero-order chi connectivity index (χ0) is 12.7. The second-order valence-electron chi connectivity index (χ2n) is 4.40. The molecule has 0 radical (unpaired) electrons. The molecule has 1 aliphatic heterocycles. The van der Waals surface area contributed by atoms with Gasteiger partial charge in [-0.25, -0.2) is 0 Å². The summed E-state index contributed by atoms with van der Waals surface area (Å²) in [6.45, 7) is 10.4. The number of nitrogens with zero attached hydrogens (tertiary/aromatic N) is 4. The number of hydrogen-bond acceptors (Lipinski definition) is 4. The SMILES string of the molecule is C#CCN1CC(N(CC)CC)CN(CC#N)C1. The molecule has 0 amide bonds. The summed E-state index contributed by atoms with van der Waals surface area (Å²) in [7, 11) is 0. The van der Waals surface area contributed by atoms with E-state index in [2.05, 4.69) is 40.5 Å². The van der Waals surface area contributed by atoms with Gasteiger partial charge in [0, 0.05) is 19.1 Å². The topological polar surface area (TPSA) is 33.5 Å². The molecule has 17 heavy (non-hydrogen) atoms. The highest BCUT2D eigenvalue weighted by atomic mass is 15.4. The van der Waals surface area contributed by atoms with Gasteiger partial charge >= 0.3 is 0 Å². The van der Waals surface area contributed by atoms with E-state index in [0.717, 1.165) is 32.8 Å². The van der Waals surface area contributed by atoms with Gasteiger partial charge in [-0.1, -0.05) is 19.8 Å². The van der Waals surface area contributed by atoms with Gasteiger partial charge < -0.3 is 0 Å². The molecule has 0 aliphatic carbocycles. The Bertz CT molecular complexity index is 274. The molecule has 1 atom stereocenters. The first kappa shape index (κ1) is 14.0. The Morgan fingerprint density at radius 1 is 1.24 bits per heavy atom. The summed E-state index contributed by atoms with van der Waals surface area (Å²) in [4.78, 5) is 6.85. The molecule has 4 nitrogen and oxygen atoms in total. The molecule has 4 heteroatoms. The predicted octanol–water partition coefficient (Wildman–Crippen LogP) is 0.429. The number of hydrogen-bond donors (Lipinski definition) is 0. The van der Waals surface area contributed by atoms with Crippen LogP contribution < -0.4 is 0 Å². The minimum atomic E-state index is 0.485. The van der Waals surface area contributed by atoms with Crippen LogP contribution in [0.1, 0.15) is 13.8 Å². The smallest absolute Gasteiger partial charge is 0.0876 e. The van der Waals surface area contributed by atoms with E-state index in [0.29, 0.717) is 19.1 Å². The molecule has 0 aromatic heterocycles. The van der Waals surface area contributed by atoms with Crippen LogP contribution in [0.5, 0.6) is 0 Å². The van der Waals surface area contributed by atoms with Crippen molar-refractivity contribution in [2.75, 3.05) is 45.9 Å². The molecule has 1 saturated heterocycles. The third kappa shape index (κ3) is 4.02. The van der Waals surface area contributed by atoms with Crippen LogP contribution in [0.15, 0.2) is 0 Å². The summed E-state index contributed by atoms with van der Waals surface area (Å²) in [6, 6.07) is 2.71. The minimum Gasteiger partial charge on any atom is -0.298 e. The zero-order valence-corrected chi connectivity index (χ0v) is 10.9. The normalized spacial score (nSPS) is 22.3. The average Bonchev–Trinajstić information content (AvgIpc) is 2.31. The summed E-state index contributed by atoms with van der Waals surface area (Å²) in [5.74, 6) is 2.69. The van der Waals surface area contributed by atoms with Gasteiger partial charge in [-0.15, -0.1) is 6.42 Å². The molecule has 1 aliphatic rings. The van der Waals surface area contributed by atoms with Crippen LogP contribution in [0.2, 0.25) is 0 Å². The number of likely N-dealkylation sites (N-methyl/N-ethyl adjacent to an activating group) is 1. The number of nitriles is 1. The fourth-order valence-corrected chi connectivity index (χ4v) is 2.48. The second kappa shape index (κ2) is 7.29. The fourth-order valence-electron chi connectivity index (χ4n) is 2.48. The van der Waals surface area contributed by atoms with Gasteiger partial charge in [0.2, 0.25) is 0 Å². The highest BCUT2D eigenvalue weighted by Crippen LogP contribution is 2.11. The van der Waals surface area contributed by atoms with Crippen molar-refractivity contribution in [3.8, 4) is 18.4 Å². The van der Waals surface area contributed by atoms with Crippen molar-refractivity contribution in [1.82, 2.24) is 14.7 Å². The third-order valence-corrected chi connectivity index (χ3v) is 3.28. The van der Waals surface area contributed by atoms with E-state index >= 15 is 0 Å². The largest absolute Gasteiger partial charge is 0.298 e. The van der Waals surface area contributed by atoms with Crippen molar-refractivity contribution in [2.45, 2.75) is 19.9 Å². The van der Waals surface area contributed by atoms with Gasteiger partial charge in [0.1, 0.15) is 0 Å². The van der Waals surface area contributed by atoms with E-state index in [1.807, 2.05) is 0 Å². The van der Waals surface area contributed by atoms with Crippen molar-refractivity contribution in [3.05, 3.63) is 0 Å². The van der Waals surface area contributed by atoms with E-state index in [1.54, 1.807) is 0 Å². The monoisotopic (exact) mass is 234 g/mol. The van der Waals surface area contributed by atoms with E-state index in [4.69, 9.17) is 11.7 Å². The molecule has 0 spiro atoms. The van der Waals surface area contributed by atoms with Gasteiger partial charge in [-0.05, 0) is 13.1 Å². The Morgan fingerprint density at radius 3 is 2.29 bits per heavy atom. The number of rotatable bonds is 5. The van der Waals surface area contributed by atoms with Crippen molar-refractivity contribution in [2.24, 2.45) is 0 Å². The van der Waals surface area contributed by atoms with Crippen LogP contribution in [0.3, 0.4) is 0 Å². The Balaban J connectivity index is 2.64. The van der Waals surface area contributed by atoms with Gasteiger partial charge in [0.05, 0.1) is 25.8 Å². The summed E-state index contributed by atoms with van der Waals surface area (Å²) >= 11 is 0. The van der Waals surface area contributed by atoms with Gasteiger partial charge in [-0.2, -0.15) is 5.26 Å². The van der Waals surface area contributed by atoms with E-state index in [1.165, 1.54) is 0 Å². The van der Waals surface area contributed by atoms with Crippen LogP contribution in [0, 0.1) is 23.7 Å². The molecular weight excluding hydrogens is 212 g/mol. The first-order valence-corrected chi connectivity index (χ1v) is 6.24. The number of terminal acetylenes is 1. The zero-order valence-electron chi connectivity index (χ0n) is 10.9. The molecule has 0 aromatic carbocycles. The fraction of sp³-hybridized carbons (Fsp3) is 0.769. The van der Waals surface area contributed by atoms with Crippen molar-refractivity contribution in [3.63, 3.8) is 0 Å². The maximum absolute atomic E-state index is 8.81. The maximum atomic E-state index is 8.81. The quantitative estimate of drug-likeness (QED) is 0.510. The molecule has 1 heterocycles. The van der Waals surface area contributed by atoms with Crippen LogP contribution in [0.4, 0.5) is 0 Å². The first-order chi connectivity index (χ1) is 8.24. The van der Waals surface area contributed by atoms with Gasteiger partial charge in [0.15, 0.2) is 0 Å². The Kier molecular flexibility index (Phi) is 6.00. The van der Waals surface area contributed by atoms with Crippen LogP contribution in [0.25, 0.3) is 0 Å². The molecule has 0 bridgehead atoms. The minimum absolute atomic E-state index is 0.485. The third-order valence-electron chi connectivity index (χ3n) is 3.28. The Hall–Kier alpha value is -1.07. The lowest BCUT2D eigenvalue weighted by molar-refractivity contribution is 0.0325. The maximum Gasteiger partial charge on any atom is 0.0876 e. The highest BCUT2D eigenvalue weighted by molar-refractivity contribution is 4.93. The molecule has 94 valence electrons. The van der Waals surface area contributed by atoms with Crippen molar-refractivity contribution >= 4 is 0 Å². The molecule has 0 aromatic rings. The molecular formula is C13H22N4. The van der Waals surface area contributed by atoms with Crippen molar-refractivity contribution in [1.29, 1.82) is 5.26 Å². The molecule has 0 N–H and O–H groups in total. The Morgan fingerprint density at radius 2 is 1.82 bits per heavy atom. The van der Waals surface area contributed by atoms with Gasteiger partial charge in [-0.3, -0.25) is 14.7 Å². The summed E-state index contributed by atoms with van der Waals surface area (Å²) in [5.41, 5.74) is 0. The highest BCUT2D eigenvalue weighted by Gasteiger charge is 2.27. The predicted molar refractivity (Wildman–Crippen MR) is 69.2 cm³/mol. The summed E-state index contributed by atoms with van der Waals surface area (Å²) in [5, 5.41) is 8.81. The molecule has 1 rings (SSSR count). The van der Waals surface area contributed by atoms with E-state index < -0.39 is 0 Å². The molecule has 1 fully saturated rings. The average molecular weight is 234 g/mol. The van der Waals surface area contributed by atoms with Crippen LogP contribution in [-0.4, -0.2) is 66.7 Å². The van der Waals surface area contributed by atoms with Crippen LogP contribution >= 0.6 is 0 Å². The van der Waals surface area contributed by atoms with Crippen molar-refractivity contribution < 1.29 is 0 Å². The first-order valence-electron chi connectivity index (χ1n) is 6.24. The van der Waals surface area contributed by atoms with Crippen LogP contribution in [-0.2, 0) is 0 Å². The van der Waals surface area contributed by atoms with Gasteiger partial charge in [0.25, 0.3) is 0 Å².